The summed E-state index contributed by atoms with van der Waals surface area (Å²) in [7, 11) is 1.76. The van der Waals surface area contributed by atoms with Crippen molar-refractivity contribution in [1.82, 2.24) is 15.0 Å². The molecule has 0 bridgehead atoms. The second kappa shape index (κ2) is 6.13. The third-order valence-corrected chi connectivity index (χ3v) is 5.12. The van der Waals surface area contributed by atoms with E-state index in [9.17, 15) is 4.79 Å². The Morgan fingerprint density at radius 2 is 2.09 bits per heavy atom. The highest BCUT2D eigenvalue weighted by molar-refractivity contribution is 6.42. The maximum atomic E-state index is 13.0. The fourth-order valence-corrected chi connectivity index (χ4v) is 3.30. The van der Waals surface area contributed by atoms with Gasteiger partial charge in [0, 0.05) is 14.0 Å². The van der Waals surface area contributed by atoms with Gasteiger partial charge < -0.3 is 9.42 Å². The molecule has 3 rings (SSSR count). The second-order valence-corrected chi connectivity index (χ2v) is 6.77. The molecule has 1 aliphatic rings. The minimum Gasteiger partial charge on any atom is -0.340 e. The van der Waals surface area contributed by atoms with E-state index >= 15 is 0 Å². The molecule has 122 valence electrons. The van der Waals surface area contributed by atoms with Gasteiger partial charge in [-0.25, -0.2) is 0 Å². The van der Waals surface area contributed by atoms with Crippen molar-refractivity contribution in [1.29, 1.82) is 0 Å². The highest BCUT2D eigenvalue weighted by atomic mass is 35.5. The Labute approximate surface area is 144 Å². The van der Waals surface area contributed by atoms with Gasteiger partial charge in [0.1, 0.15) is 0 Å². The Balaban J connectivity index is 1.84. The fourth-order valence-electron chi connectivity index (χ4n) is 3.00. The van der Waals surface area contributed by atoms with Crippen molar-refractivity contribution in [2.45, 2.75) is 38.1 Å². The van der Waals surface area contributed by atoms with Gasteiger partial charge in [0.2, 0.25) is 11.8 Å². The first kappa shape index (κ1) is 16.3. The Bertz CT molecular complexity index is 741. The van der Waals surface area contributed by atoms with E-state index in [1.165, 1.54) is 0 Å². The molecular formula is C16H17Cl2N3O2. The summed E-state index contributed by atoms with van der Waals surface area (Å²) >= 11 is 12.1. The molecule has 0 unspecified atom stereocenters. The van der Waals surface area contributed by atoms with Crippen LogP contribution >= 0.6 is 23.2 Å². The van der Waals surface area contributed by atoms with E-state index in [0.717, 1.165) is 24.8 Å². The van der Waals surface area contributed by atoms with Gasteiger partial charge in [-0.2, -0.15) is 4.98 Å². The van der Waals surface area contributed by atoms with Crippen LogP contribution in [0.4, 0.5) is 0 Å². The first-order valence-electron chi connectivity index (χ1n) is 7.43. The zero-order chi connectivity index (χ0) is 16.6. The standard InChI is InChI=1S/C16H17Cl2N3O2/c1-10-19-14(20-23-10)9-21(2)15(22)16(6-3-7-16)11-4-5-12(17)13(18)8-11/h4-5,8H,3,6-7,9H2,1-2H3. The largest absolute Gasteiger partial charge is 0.340 e. The van der Waals surface area contributed by atoms with Crippen LogP contribution in [0.15, 0.2) is 22.7 Å². The molecule has 23 heavy (non-hydrogen) atoms. The smallest absolute Gasteiger partial charge is 0.233 e. The van der Waals surface area contributed by atoms with E-state index in [4.69, 9.17) is 27.7 Å². The van der Waals surface area contributed by atoms with Crippen molar-refractivity contribution in [3.8, 4) is 0 Å². The number of hydrogen-bond donors (Lipinski definition) is 0. The van der Waals surface area contributed by atoms with Gasteiger partial charge in [0.05, 0.1) is 22.0 Å². The summed E-state index contributed by atoms with van der Waals surface area (Å²) in [6.07, 6.45) is 2.62. The SMILES string of the molecule is Cc1nc(CN(C)C(=O)C2(c3ccc(Cl)c(Cl)c3)CCC2)no1. The van der Waals surface area contributed by atoms with Crippen LogP contribution in [0, 0.1) is 6.92 Å². The normalized spacial score (nSPS) is 16.0. The highest BCUT2D eigenvalue weighted by Gasteiger charge is 2.47. The second-order valence-electron chi connectivity index (χ2n) is 5.96. The van der Waals surface area contributed by atoms with E-state index in [2.05, 4.69) is 10.1 Å². The Morgan fingerprint density at radius 1 is 1.35 bits per heavy atom. The summed E-state index contributed by atoms with van der Waals surface area (Å²) in [6, 6.07) is 5.43. The van der Waals surface area contributed by atoms with Crippen LogP contribution < -0.4 is 0 Å². The van der Waals surface area contributed by atoms with Gasteiger partial charge in [-0.1, -0.05) is 40.8 Å². The molecule has 2 aromatic rings. The van der Waals surface area contributed by atoms with Crippen molar-refractivity contribution in [3.05, 3.63) is 45.5 Å². The molecule has 1 aliphatic carbocycles. The fraction of sp³-hybridized carbons (Fsp3) is 0.438. The van der Waals surface area contributed by atoms with Crippen molar-refractivity contribution in [2.75, 3.05) is 7.05 Å². The van der Waals surface area contributed by atoms with Crippen LogP contribution in [0.1, 0.15) is 36.5 Å². The van der Waals surface area contributed by atoms with E-state index in [-0.39, 0.29) is 5.91 Å². The van der Waals surface area contributed by atoms with Gasteiger partial charge >= 0.3 is 0 Å². The third-order valence-electron chi connectivity index (χ3n) is 4.38. The van der Waals surface area contributed by atoms with Gasteiger partial charge in [-0.15, -0.1) is 0 Å². The summed E-state index contributed by atoms with van der Waals surface area (Å²) in [5.41, 5.74) is 0.390. The van der Waals surface area contributed by atoms with Crippen molar-refractivity contribution < 1.29 is 9.32 Å². The number of carbonyl (C=O) groups excluding carboxylic acids is 1. The topological polar surface area (TPSA) is 59.2 Å². The number of carbonyl (C=O) groups is 1. The number of amides is 1. The lowest BCUT2D eigenvalue weighted by atomic mass is 9.63. The molecule has 0 spiro atoms. The number of aromatic nitrogens is 2. The summed E-state index contributed by atoms with van der Waals surface area (Å²) in [4.78, 5) is 18.8. The predicted octanol–water partition coefficient (Wildman–Crippen LogP) is 3.77. The van der Waals surface area contributed by atoms with E-state index in [1.807, 2.05) is 6.07 Å². The zero-order valence-electron chi connectivity index (χ0n) is 13.0. The van der Waals surface area contributed by atoms with Crippen LogP contribution in [-0.2, 0) is 16.8 Å². The Hall–Kier alpha value is -1.59. The molecule has 7 heteroatoms. The maximum Gasteiger partial charge on any atom is 0.233 e. The van der Waals surface area contributed by atoms with E-state index in [0.29, 0.717) is 28.3 Å². The Kier molecular flexibility index (Phi) is 4.34. The lowest BCUT2D eigenvalue weighted by Gasteiger charge is -2.43. The van der Waals surface area contributed by atoms with E-state index in [1.54, 1.807) is 31.0 Å². The van der Waals surface area contributed by atoms with Crippen LogP contribution in [-0.4, -0.2) is 28.0 Å². The molecule has 1 aromatic heterocycles. The number of aryl methyl sites for hydroxylation is 1. The summed E-state index contributed by atoms with van der Waals surface area (Å²) < 4.78 is 4.95. The quantitative estimate of drug-likeness (QED) is 0.839. The predicted molar refractivity (Wildman–Crippen MR) is 87.5 cm³/mol. The average molecular weight is 354 g/mol. The highest BCUT2D eigenvalue weighted by Crippen LogP contribution is 2.46. The zero-order valence-corrected chi connectivity index (χ0v) is 14.5. The molecule has 1 heterocycles. The average Bonchev–Trinajstić information content (AvgIpc) is 2.86. The van der Waals surface area contributed by atoms with Crippen LogP contribution in [0.3, 0.4) is 0 Å². The lowest BCUT2D eigenvalue weighted by molar-refractivity contribution is -0.140. The third kappa shape index (κ3) is 2.95. The molecule has 0 N–H and O–H groups in total. The van der Waals surface area contributed by atoms with Gasteiger partial charge in [0.25, 0.3) is 0 Å². The van der Waals surface area contributed by atoms with Crippen molar-refractivity contribution in [3.63, 3.8) is 0 Å². The lowest BCUT2D eigenvalue weighted by Crippen LogP contribution is -2.49. The monoisotopic (exact) mass is 353 g/mol. The van der Waals surface area contributed by atoms with Crippen LogP contribution in [0.25, 0.3) is 0 Å². The Morgan fingerprint density at radius 3 is 2.61 bits per heavy atom. The summed E-state index contributed by atoms with van der Waals surface area (Å²) in [6.45, 7) is 2.04. The number of halogens is 2. The number of benzene rings is 1. The van der Waals surface area contributed by atoms with E-state index < -0.39 is 5.41 Å². The van der Waals surface area contributed by atoms with Gasteiger partial charge in [-0.3, -0.25) is 4.79 Å². The summed E-state index contributed by atoms with van der Waals surface area (Å²) in [5, 5.41) is 4.81. The first-order chi connectivity index (χ1) is 10.9. The minimum atomic E-state index is -0.526. The number of hydrogen-bond acceptors (Lipinski definition) is 4. The molecule has 1 amide bonds. The molecule has 5 nitrogen and oxygen atoms in total. The van der Waals surface area contributed by atoms with Crippen LogP contribution in [0.2, 0.25) is 10.0 Å². The summed E-state index contributed by atoms with van der Waals surface area (Å²) in [5.74, 6) is 1.04. The molecule has 0 saturated heterocycles. The first-order valence-corrected chi connectivity index (χ1v) is 8.18. The number of nitrogens with zero attached hydrogens (tertiary/aromatic N) is 3. The molecule has 1 saturated carbocycles. The molecule has 0 aliphatic heterocycles. The molecule has 1 fully saturated rings. The van der Waals surface area contributed by atoms with Crippen LogP contribution in [0.5, 0.6) is 0 Å². The van der Waals surface area contributed by atoms with Gasteiger partial charge in [-0.05, 0) is 30.5 Å². The van der Waals surface area contributed by atoms with Crippen molar-refractivity contribution in [2.24, 2.45) is 0 Å². The molecule has 1 aromatic carbocycles. The molecule has 0 atom stereocenters. The maximum absolute atomic E-state index is 13.0. The minimum absolute atomic E-state index is 0.0459. The molecule has 0 radical (unpaired) electrons. The number of rotatable bonds is 4. The number of likely N-dealkylation sites (N-methyl/N-ethyl adjacent to an activating group) is 1. The van der Waals surface area contributed by atoms with Gasteiger partial charge in [0.15, 0.2) is 5.82 Å². The molecular weight excluding hydrogens is 337 g/mol. The van der Waals surface area contributed by atoms with Crippen molar-refractivity contribution >= 4 is 29.1 Å².